The summed E-state index contributed by atoms with van der Waals surface area (Å²) in [6.45, 7) is 2.26. The molecule has 2 aliphatic rings. The molecular formula is C17H22N2O. The molecule has 0 spiro atoms. The summed E-state index contributed by atoms with van der Waals surface area (Å²) in [6, 6.07) is 8.18. The minimum absolute atomic E-state index is 0.0378. The van der Waals surface area contributed by atoms with Crippen LogP contribution in [0.5, 0.6) is 0 Å². The Labute approximate surface area is 120 Å². The lowest BCUT2D eigenvalue weighted by Gasteiger charge is -2.27. The van der Waals surface area contributed by atoms with E-state index in [2.05, 4.69) is 29.7 Å². The summed E-state index contributed by atoms with van der Waals surface area (Å²) in [5.74, 6) is 2.22. The largest absolute Gasteiger partial charge is 0.382 e. The van der Waals surface area contributed by atoms with E-state index in [1.165, 1.54) is 12.8 Å². The van der Waals surface area contributed by atoms with E-state index in [-0.39, 0.29) is 5.91 Å². The van der Waals surface area contributed by atoms with Crippen molar-refractivity contribution >= 4 is 11.6 Å². The van der Waals surface area contributed by atoms with Crippen molar-refractivity contribution in [2.45, 2.75) is 25.8 Å². The molecule has 3 heteroatoms. The fourth-order valence-corrected chi connectivity index (χ4v) is 3.66. The minimum atomic E-state index is -0.0378. The van der Waals surface area contributed by atoms with Crippen LogP contribution in [0.25, 0.3) is 0 Å². The first-order chi connectivity index (χ1) is 9.67. The predicted molar refractivity (Wildman–Crippen MR) is 81.8 cm³/mol. The van der Waals surface area contributed by atoms with Crippen LogP contribution in [0.3, 0.4) is 0 Å². The Hall–Kier alpha value is -1.77. The van der Waals surface area contributed by atoms with Crippen molar-refractivity contribution in [3.63, 3.8) is 0 Å². The van der Waals surface area contributed by atoms with Crippen LogP contribution in [-0.4, -0.2) is 19.0 Å². The number of fused-ring (bicyclic) bond motifs is 2. The molecule has 2 aliphatic carbocycles. The molecule has 1 amide bonds. The van der Waals surface area contributed by atoms with Crippen molar-refractivity contribution in [3.05, 3.63) is 42.0 Å². The first-order valence-corrected chi connectivity index (χ1v) is 7.44. The molecule has 3 nitrogen and oxygen atoms in total. The molecule has 20 heavy (non-hydrogen) atoms. The molecule has 1 saturated carbocycles. The molecule has 1 aromatic rings. The second-order valence-electron chi connectivity index (χ2n) is 6.04. The first-order valence-electron chi connectivity index (χ1n) is 7.44. The fourth-order valence-electron chi connectivity index (χ4n) is 3.66. The highest BCUT2D eigenvalue weighted by Gasteiger charge is 2.38. The van der Waals surface area contributed by atoms with Gasteiger partial charge in [0, 0.05) is 24.3 Å². The Kier molecular flexibility index (Phi) is 3.51. The van der Waals surface area contributed by atoms with Crippen LogP contribution in [-0.2, 0) is 0 Å². The van der Waals surface area contributed by atoms with Crippen molar-refractivity contribution in [2.24, 2.45) is 17.8 Å². The summed E-state index contributed by atoms with van der Waals surface area (Å²) >= 11 is 0. The van der Waals surface area contributed by atoms with E-state index in [0.717, 1.165) is 17.5 Å². The number of hydrogen-bond donors (Lipinski definition) is 2. The Morgan fingerprint density at radius 1 is 1.30 bits per heavy atom. The molecule has 3 rings (SSSR count). The van der Waals surface area contributed by atoms with Crippen LogP contribution >= 0.6 is 0 Å². The first kappa shape index (κ1) is 13.2. The summed E-state index contributed by atoms with van der Waals surface area (Å²) in [7, 11) is 1.66. The average molecular weight is 270 g/mol. The third-order valence-electron chi connectivity index (χ3n) is 4.72. The molecule has 0 aliphatic heterocycles. The highest BCUT2D eigenvalue weighted by atomic mass is 16.1. The standard InChI is InChI=1S/C17H22N2O/c1-11(16-9-12-6-7-13(16)8-12)19-15-5-3-4-14(10-15)17(20)18-2/h3-7,10-13,16,19H,8-9H2,1-2H3,(H,18,20). The van der Waals surface area contributed by atoms with Crippen LogP contribution in [0.15, 0.2) is 36.4 Å². The molecule has 106 valence electrons. The van der Waals surface area contributed by atoms with Gasteiger partial charge in [-0.25, -0.2) is 0 Å². The van der Waals surface area contributed by atoms with Crippen molar-refractivity contribution < 1.29 is 4.79 Å². The molecule has 0 radical (unpaired) electrons. The second kappa shape index (κ2) is 5.31. The van der Waals surface area contributed by atoms with E-state index in [0.29, 0.717) is 17.5 Å². The molecule has 2 N–H and O–H groups in total. The number of carbonyl (C=O) groups is 1. The molecule has 0 heterocycles. The van der Waals surface area contributed by atoms with Crippen molar-refractivity contribution in [3.8, 4) is 0 Å². The lowest BCUT2D eigenvalue weighted by atomic mass is 9.87. The van der Waals surface area contributed by atoms with Crippen LogP contribution in [0, 0.1) is 17.8 Å². The van der Waals surface area contributed by atoms with Crippen molar-refractivity contribution in [2.75, 3.05) is 12.4 Å². The third-order valence-corrected chi connectivity index (χ3v) is 4.72. The highest BCUT2D eigenvalue weighted by Crippen LogP contribution is 2.45. The van der Waals surface area contributed by atoms with Gasteiger partial charge in [-0.1, -0.05) is 18.2 Å². The molecule has 4 atom stereocenters. The monoisotopic (exact) mass is 270 g/mol. The molecular weight excluding hydrogens is 248 g/mol. The minimum Gasteiger partial charge on any atom is -0.382 e. The van der Waals surface area contributed by atoms with Gasteiger partial charge in [0.05, 0.1) is 0 Å². The molecule has 2 bridgehead atoms. The fraction of sp³-hybridized carbons (Fsp3) is 0.471. The van der Waals surface area contributed by atoms with Gasteiger partial charge >= 0.3 is 0 Å². The normalized spacial score (nSPS) is 28.4. The summed E-state index contributed by atoms with van der Waals surface area (Å²) in [4.78, 5) is 11.7. The van der Waals surface area contributed by atoms with Crippen molar-refractivity contribution in [1.29, 1.82) is 0 Å². The Balaban J connectivity index is 1.68. The zero-order valence-electron chi connectivity index (χ0n) is 12.1. The maximum Gasteiger partial charge on any atom is 0.251 e. The van der Waals surface area contributed by atoms with Gasteiger partial charge in [0.15, 0.2) is 0 Å². The Morgan fingerprint density at radius 3 is 2.80 bits per heavy atom. The number of nitrogens with one attached hydrogen (secondary N) is 2. The molecule has 0 saturated heterocycles. The van der Waals surface area contributed by atoms with Gasteiger partial charge in [-0.15, -0.1) is 0 Å². The maximum absolute atomic E-state index is 11.7. The lowest BCUT2D eigenvalue weighted by molar-refractivity contribution is 0.0963. The van der Waals surface area contributed by atoms with Gasteiger partial charge in [-0.2, -0.15) is 0 Å². The number of allylic oxidation sites excluding steroid dienone is 2. The summed E-state index contributed by atoms with van der Waals surface area (Å²) < 4.78 is 0. The Morgan fingerprint density at radius 2 is 2.15 bits per heavy atom. The number of carbonyl (C=O) groups excluding carboxylic acids is 1. The third kappa shape index (κ3) is 2.45. The topological polar surface area (TPSA) is 41.1 Å². The van der Waals surface area contributed by atoms with E-state index in [1.807, 2.05) is 24.3 Å². The van der Waals surface area contributed by atoms with E-state index >= 15 is 0 Å². The zero-order chi connectivity index (χ0) is 14.1. The summed E-state index contributed by atoms with van der Waals surface area (Å²) in [6.07, 6.45) is 7.39. The van der Waals surface area contributed by atoms with Crippen LogP contribution in [0.2, 0.25) is 0 Å². The molecule has 4 unspecified atom stereocenters. The quantitative estimate of drug-likeness (QED) is 0.826. The van der Waals surface area contributed by atoms with Gasteiger partial charge < -0.3 is 10.6 Å². The highest BCUT2D eigenvalue weighted by molar-refractivity contribution is 5.94. The summed E-state index contributed by atoms with van der Waals surface area (Å²) in [5, 5.41) is 6.24. The molecule has 1 aromatic carbocycles. The van der Waals surface area contributed by atoms with Gasteiger partial charge in [0.25, 0.3) is 5.91 Å². The van der Waals surface area contributed by atoms with Gasteiger partial charge in [-0.3, -0.25) is 4.79 Å². The number of rotatable bonds is 4. The Bertz CT molecular complexity index is 538. The molecule has 0 aromatic heterocycles. The maximum atomic E-state index is 11.7. The SMILES string of the molecule is CNC(=O)c1cccc(NC(C)C2CC3C=CC2C3)c1. The predicted octanol–water partition coefficient (Wildman–Crippen LogP) is 3.06. The van der Waals surface area contributed by atoms with Crippen molar-refractivity contribution in [1.82, 2.24) is 5.32 Å². The number of anilines is 1. The van der Waals surface area contributed by atoms with E-state index in [4.69, 9.17) is 0 Å². The lowest BCUT2D eigenvalue weighted by Crippen LogP contribution is -2.29. The van der Waals surface area contributed by atoms with Crippen LogP contribution < -0.4 is 10.6 Å². The number of hydrogen-bond acceptors (Lipinski definition) is 2. The number of amides is 1. The zero-order valence-corrected chi connectivity index (χ0v) is 12.1. The van der Waals surface area contributed by atoms with Gasteiger partial charge in [-0.05, 0) is 55.7 Å². The smallest absolute Gasteiger partial charge is 0.251 e. The van der Waals surface area contributed by atoms with E-state index in [1.54, 1.807) is 7.05 Å². The van der Waals surface area contributed by atoms with E-state index in [9.17, 15) is 4.79 Å². The molecule has 1 fully saturated rings. The second-order valence-corrected chi connectivity index (χ2v) is 6.04. The average Bonchev–Trinajstić information content (AvgIpc) is 3.09. The number of benzene rings is 1. The van der Waals surface area contributed by atoms with E-state index < -0.39 is 0 Å². The van der Waals surface area contributed by atoms with Gasteiger partial charge in [0.1, 0.15) is 0 Å². The van der Waals surface area contributed by atoms with Crippen LogP contribution in [0.4, 0.5) is 5.69 Å². The van der Waals surface area contributed by atoms with Crippen LogP contribution in [0.1, 0.15) is 30.1 Å². The van der Waals surface area contributed by atoms with Gasteiger partial charge in [0.2, 0.25) is 0 Å². The summed E-state index contributed by atoms with van der Waals surface area (Å²) in [5.41, 5.74) is 1.74.